The molecular formula is C19H23N3O. The van der Waals surface area contributed by atoms with Gasteiger partial charge in [-0.15, -0.1) is 0 Å². The molecule has 0 radical (unpaired) electrons. The number of aromatic nitrogens is 1. The molecule has 4 heteroatoms. The second-order valence-corrected chi connectivity index (χ2v) is 4.76. The summed E-state index contributed by atoms with van der Waals surface area (Å²) in [5.41, 5.74) is 2.18. The molecule has 1 heterocycles. The molecule has 120 valence electrons. The number of carbonyl (C=O) groups is 1. The van der Waals surface area contributed by atoms with Crippen LogP contribution in [-0.2, 0) is 0 Å². The van der Waals surface area contributed by atoms with Gasteiger partial charge in [0.2, 0.25) is 0 Å². The lowest BCUT2D eigenvalue weighted by atomic mass is 10.2. The molecule has 0 unspecified atom stereocenters. The zero-order chi connectivity index (χ0) is 16.9. The van der Waals surface area contributed by atoms with Gasteiger partial charge in [0, 0.05) is 30.6 Å². The van der Waals surface area contributed by atoms with E-state index in [2.05, 4.69) is 40.6 Å². The summed E-state index contributed by atoms with van der Waals surface area (Å²) >= 11 is 0. The van der Waals surface area contributed by atoms with Crippen LogP contribution in [0.1, 0.15) is 29.9 Å². The zero-order valence-corrected chi connectivity index (χ0v) is 14.0. The molecule has 1 aromatic rings. The van der Waals surface area contributed by atoms with Gasteiger partial charge in [-0.05, 0) is 37.4 Å². The fourth-order valence-electron chi connectivity index (χ4n) is 1.84. The van der Waals surface area contributed by atoms with Crippen molar-refractivity contribution in [2.45, 2.75) is 13.8 Å². The number of aldehydes is 1. The Morgan fingerprint density at radius 3 is 2.83 bits per heavy atom. The van der Waals surface area contributed by atoms with Gasteiger partial charge in [-0.2, -0.15) is 0 Å². The summed E-state index contributed by atoms with van der Waals surface area (Å²) in [6, 6.07) is 3.41. The van der Waals surface area contributed by atoms with Crippen molar-refractivity contribution in [3.63, 3.8) is 0 Å². The molecule has 0 aliphatic heterocycles. The van der Waals surface area contributed by atoms with E-state index in [1.807, 2.05) is 18.2 Å². The van der Waals surface area contributed by atoms with Gasteiger partial charge in [-0.1, -0.05) is 31.8 Å². The Morgan fingerprint density at radius 1 is 1.39 bits per heavy atom. The van der Waals surface area contributed by atoms with Crippen LogP contribution in [0.15, 0.2) is 41.0 Å². The summed E-state index contributed by atoms with van der Waals surface area (Å²) in [5.74, 6) is 6.28. The summed E-state index contributed by atoms with van der Waals surface area (Å²) in [5, 5.41) is 0. The number of hydrogen-bond acceptors (Lipinski definition) is 4. The lowest BCUT2D eigenvalue weighted by molar-refractivity contribution is 0.112. The van der Waals surface area contributed by atoms with Crippen molar-refractivity contribution in [1.29, 1.82) is 0 Å². The number of hydrogen-bond donors (Lipinski definition) is 0. The van der Waals surface area contributed by atoms with Crippen LogP contribution in [0, 0.1) is 11.8 Å². The van der Waals surface area contributed by atoms with Crippen LogP contribution in [-0.4, -0.2) is 49.1 Å². The van der Waals surface area contributed by atoms with Crippen molar-refractivity contribution in [2.75, 3.05) is 26.7 Å². The normalized spacial score (nSPS) is 11.9. The van der Waals surface area contributed by atoms with Crippen LogP contribution in [0.3, 0.4) is 0 Å². The van der Waals surface area contributed by atoms with Crippen molar-refractivity contribution < 1.29 is 4.79 Å². The largest absolute Gasteiger partial charge is 0.298 e. The van der Waals surface area contributed by atoms with Crippen LogP contribution < -0.4 is 0 Å². The minimum Gasteiger partial charge on any atom is -0.298 e. The number of rotatable bonds is 7. The summed E-state index contributed by atoms with van der Waals surface area (Å²) < 4.78 is 0. The molecule has 0 aliphatic carbocycles. The van der Waals surface area contributed by atoms with E-state index in [0.29, 0.717) is 5.56 Å². The highest BCUT2D eigenvalue weighted by Gasteiger charge is 1.94. The Kier molecular flexibility index (Phi) is 8.95. The van der Waals surface area contributed by atoms with E-state index in [4.69, 9.17) is 0 Å². The highest BCUT2D eigenvalue weighted by molar-refractivity contribution is 5.85. The molecule has 1 rings (SSSR count). The third-order valence-corrected chi connectivity index (χ3v) is 3.18. The number of pyridine rings is 1. The second kappa shape index (κ2) is 11.1. The van der Waals surface area contributed by atoms with E-state index in [0.717, 1.165) is 37.2 Å². The maximum Gasteiger partial charge on any atom is 0.150 e. The van der Waals surface area contributed by atoms with Gasteiger partial charge in [0.25, 0.3) is 0 Å². The van der Waals surface area contributed by atoms with Crippen LogP contribution in [0.25, 0.3) is 6.08 Å². The van der Waals surface area contributed by atoms with Crippen molar-refractivity contribution in [3.05, 3.63) is 47.3 Å². The maximum atomic E-state index is 10.7. The highest BCUT2D eigenvalue weighted by Crippen LogP contribution is 2.02. The monoisotopic (exact) mass is 309 g/mol. The van der Waals surface area contributed by atoms with Gasteiger partial charge in [0.15, 0.2) is 0 Å². The van der Waals surface area contributed by atoms with E-state index in [1.54, 1.807) is 31.6 Å². The summed E-state index contributed by atoms with van der Waals surface area (Å²) in [7, 11) is 1.72. The molecule has 0 spiro atoms. The molecule has 0 saturated carbocycles. The predicted molar refractivity (Wildman–Crippen MR) is 96.7 cm³/mol. The van der Waals surface area contributed by atoms with Crippen molar-refractivity contribution in [1.82, 2.24) is 9.88 Å². The van der Waals surface area contributed by atoms with Crippen molar-refractivity contribution in [3.8, 4) is 11.8 Å². The first kappa shape index (κ1) is 18.5. The van der Waals surface area contributed by atoms with Gasteiger partial charge in [-0.3, -0.25) is 19.7 Å². The lowest BCUT2D eigenvalue weighted by Crippen LogP contribution is -2.22. The number of carbonyl (C=O) groups excluding carboxylic acids is 1. The first-order valence-corrected chi connectivity index (χ1v) is 7.66. The third-order valence-electron chi connectivity index (χ3n) is 3.18. The van der Waals surface area contributed by atoms with Crippen LogP contribution in [0.2, 0.25) is 0 Å². The van der Waals surface area contributed by atoms with Gasteiger partial charge in [0.1, 0.15) is 6.29 Å². The van der Waals surface area contributed by atoms with E-state index >= 15 is 0 Å². The molecule has 0 bridgehead atoms. The summed E-state index contributed by atoms with van der Waals surface area (Å²) in [6.07, 6.45) is 9.74. The smallest absolute Gasteiger partial charge is 0.150 e. The average Bonchev–Trinajstić information content (AvgIpc) is 2.59. The van der Waals surface area contributed by atoms with E-state index in [9.17, 15) is 4.79 Å². The van der Waals surface area contributed by atoms with Gasteiger partial charge < -0.3 is 0 Å². The summed E-state index contributed by atoms with van der Waals surface area (Å²) in [6.45, 7) is 6.97. The fraction of sp³-hybridized carbons (Fsp3) is 0.316. The average molecular weight is 309 g/mol. The summed E-state index contributed by atoms with van der Waals surface area (Å²) in [4.78, 5) is 21.2. The zero-order valence-electron chi connectivity index (χ0n) is 14.0. The van der Waals surface area contributed by atoms with Crippen LogP contribution >= 0.6 is 0 Å². The van der Waals surface area contributed by atoms with E-state index in [-0.39, 0.29) is 0 Å². The molecule has 23 heavy (non-hydrogen) atoms. The Morgan fingerprint density at radius 2 is 2.17 bits per heavy atom. The fourth-order valence-corrected chi connectivity index (χ4v) is 1.84. The van der Waals surface area contributed by atoms with Crippen LogP contribution in [0.5, 0.6) is 0 Å². The Hall–Kier alpha value is -2.51. The molecule has 0 N–H and O–H groups in total. The Labute approximate surface area is 138 Å². The van der Waals surface area contributed by atoms with Crippen molar-refractivity contribution >= 4 is 18.6 Å². The molecule has 0 aliphatic rings. The molecule has 1 aromatic heterocycles. The Bertz CT molecular complexity index is 644. The quantitative estimate of drug-likeness (QED) is 0.337. The molecule has 0 amide bonds. The topological polar surface area (TPSA) is 45.6 Å². The lowest BCUT2D eigenvalue weighted by Gasteiger charge is -2.13. The first-order chi connectivity index (χ1) is 11.2. The Balaban J connectivity index is 2.80. The van der Waals surface area contributed by atoms with Crippen molar-refractivity contribution in [2.24, 2.45) is 4.99 Å². The SMILES string of the molecule is CCN(CC)CC#C/C(C=NC)=C/C=C/c1cc(C=O)ccn1. The highest BCUT2D eigenvalue weighted by atomic mass is 16.1. The van der Waals surface area contributed by atoms with Gasteiger partial charge in [-0.25, -0.2) is 0 Å². The predicted octanol–water partition coefficient (Wildman–Crippen LogP) is 2.88. The minimum atomic E-state index is 0.609. The molecular weight excluding hydrogens is 286 g/mol. The maximum absolute atomic E-state index is 10.7. The molecule has 0 aromatic carbocycles. The minimum absolute atomic E-state index is 0.609. The molecule has 0 fully saturated rings. The van der Waals surface area contributed by atoms with E-state index < -0.39 is 0 Å². The second-order valence-electron chi connectivity index (χ2n) is 4.76. The first-order valence-electron chi connectivity index (χ1n) is 7.66. The number of aliphatic imine (C=N–C) groups is 1. The molecule has 4 nitrogen and oxygen atoms in total. The molecule has 0 atom stereocenters. The molecule has 0 saturated heterocycles. The van der Waals surface area contributed by atoms with Gasteiger partial charge in [0.05, 0.1) is 12.2 Å². The van der Waals surface area contributed by atoms with E-state index in [1.165, 1.54) is 0 Å². The van der Waals surface area contributed by atoms with Crippen LogP contribution in [0.4, 0.5) is 0 Å². The number of nitrogens with zero attached hydrogens (tertiary/aromatic N) is 3. The third kappa shape index (κ3) is 7.35. The van der Waals surface area contributed by atoms with Gasteiger partial charge >= 0.3 is 0 Å². The number of allylic oxidation sites excluding steroid dienone is 3. The standard InChI is InChI=1S/C19H23N3O/c1-4-22(5-2)13-7-9-17(15-20-3)8-6-10-19-14-18(16-23)11-12-21-19/h6,8,10-12,14-16H,4-5,13H2,1-3H3/b10-6+,17-8-,20-15?.